The third kappa shape index (κ3) is 6.24. The van der Waals surface area contributed by atoms with E-state index in [-0.39, 0.29) is 5.56 Å². The van der Waals surface area contributed by atoms with Gasteiger partial charge < -0.3 is 10.5 Å². The first-order valence-corrected chi connectivity index (χ1v) is 13.7. The molecule has 0 saturated heterocycles. The maximum atomic E-state index is 13.2. The van der Waals surface area contributed by atoms with Crippen LogP contribution in [0.3, 0.4) is 0 Å². The number of hydrogen-bond donors (Lipinski definition) is 1. The number of carbonyl (C=O) groups is 2. The molecular formula is C34H31F3N2O3. The standard InChI is InChI=1S/C34H31F3N2O3/c1-21(2)23-9-7-22(8-10-23)20-39-18-17-25-19-27(15-16-29(25)31(39)32(38)40)42-33(41)30-6-4-3-5-28(30)24-11-13-26(14-12-24)34(35,36)37/h3-16,19,21,31H,17-18,20H2,1-2H3,(H2,38,40). The van der Waals surface area contributed by atoms with E-state index in [4.69, 9.17) is 10.5 Å². The van der Waals surface area contributed by atoms with Gasteiger partial charge >= 0.3 is 12.1 Å². The molecule has 0 radical (unpaired) electrons. The monoisotopic (exact) mass is 572 g/mol. The number of ether oxygens (including phenoxy) is 1. The second-order valence-electron chi connectivity index (χ2n) is 10.8. The van der Waals surface area contributed by atoms with Gasteiger partial charge in [0.2, 0.25) is 5.91 Å². The second-order valence-corrected chi connectivity index (χ2v) is 10.8. The molecule has 0 saturated carbocycles. The summed E-state index contributed by atoms with van der Waals surface area (Å²) in [7, 11) is 0. The van der Waals surface area contributed by atoms with Gasteiger partial charge in [-0.1, -0.05) is 74.5 Å². The lowest BCUT2D eigenvalue weighted by Gasteiger charge is -2.35. The van der Waals surface area contributed by atoms with E-state index in [1.807, 2.05) is 0 Å². The van der Waals surface area contributed by atoms with Crippen molar-refractivity contribution in [1.82, 2.24) is 4.90 Å². The van der Waals surface area contributed by atoms with Crippen molar-refractivity contribution < 1.29 is 27.5 Å². The molecule has 8 heteroatoms. The minimum Gasteiger partial charge on any atom is -0.423 e. The molecule has 5 rings (SSSR count). The van der Waals surface area contributed by atoms with E-state index in [0.717, 1.165) is 28.8 Å². The molecule has 0 bridgehead atoms. The minimum atomic E-state index is -4.45. The number of fused-ring (bicyclic) bond motifs is 1. The Labute approximate surface area is 242 Å². The molecule has 1 amide bonds. The third-order valence-electron chi connectivity index (χ3n) is 7.62. The van der Waals surface area contributed by atoms with Gasteiger partial charge in [0, 0.05) is 13.1 Å². The first-order chi connectivity index (χ1) is 20.0. The molecule has 2 N–H and O–H groups in total. The molecule has 0 spiro atoms. The fourth-order valence-corrected chi connectivity index (χ4v) is 5.38. The third-order valence-corrected chi connectivity index (χ3v) is 7.62. The van der Waals surface area contributed by atoms with Gasteiger partial charge in [-0.3, -0.25) is 9.69 Å². The fourth-order valence-electron chi connectivity index (χ4n) is 5.38. The van der Waals surface area contributed by atoms with Gasteiger partial charge in [0.15, 0.2) is 0 Å². The predicted molar refractivity (Wildman–Crippen MR) is 155 cm³/mol. The number of carbonyl (C=O) groups excluding carboxylic acids is 2. The van der Waals surface area contributed by atoms with Crippen LogP contribution in [0, 0.1) is 0 Å². The highest BCUT2D eigenvalue weighted by atomic mass is 19.4. The zero-order valence-corrected chi connectivity index (χ0v) is 23.3. The molecule has 42 heavy (non-hydrogen) atoms. The van der Waals surface area contributed by atoms with Gasteiger partial charge in [0.1, 0.15) is 11.8 Å². The average Bonchev–Trinajstić information content (AvgIpc) is 2.96. The van der Waals surface area contributed by atoms with E-state index in [1.54, 1.807) is 42.5 Å². The van der Waals surface area contributed by atoms with Crippen molar-refractivity contribution >= 4 is 11.9 Å². The van der Waals surface area contributed by atoms with Crippen LogP contribution in [-0.4, -0.2) is 23.3 Å². The first kappa shape index (κ1) is 29.1. The lowest BCUT2D eigenvalue weighted by atomic mass is 9.91. The van der Waals surface area contributed by atoms with Crippen LogP contribution >= 0.6 is 0 Å². The number of hydrogen-bond acceptors (Lipinski definition) is 4. The molecule has 0 aromatic heterocycles. The van der Waals surface area contributed by atoms with Crippen molar-refractivity contribution in [3.05, 3.63) is 124 Å². The molecule has 1 heterocycles. The lowest BCUT2D eigenvalue weighted by molar-refractivity contribution is -0.137. The number of halogens is 3. The van der Waals surface area contributed by atoms with Crippen LogP contribution in [0.1, 0.15) is 64.0 Å². The molecule has 4 aromatic carbocycles. The summed E-state index contributed by atoms with van der Waals surface area (Å²) in [5.74, 6) is -0.355. The van der Waals surface area contributed by atoms with Crippen LogP contribution in [0.15, 0.2) is 91.0 Å². The summed E-state index contributed by atoms with van der Waals surface area (Å²) >= 11 is 0. The molecule has 1 aliphatic rings. The number of benzene rings is 4. The molecule has 0 aliphatic carbocycles. The van der Waals surface area contributed by atoms with Crippen LogP contribution in [0.4, 0.5) is 13.2 Å². The van der Waals surface area contributed by atoms with Gasteiger partial charge in [-0.15, -0.1) is 0 Å². The summed E-state index contributed by atoms with van der Waals surface area (Å²) in [6.45, 7) is 5.45. The average molecular weight is 573 g/mol. The smallest absolute Gasteiger partial charge is 0.416 e. The molecule has 216 valence electrons. The zero-order chi connectivity index (χ0) is 30.0. The van der Waals surface area contributed by atoms with E-state index in [2.05, 4.69) is 43.0 Å². The Balaban J connectivity index is 1.34. The Morgan fingerprint density at radius 2 is 1.64 bits per heavy atom. The summed E-state index contributed by atoms with van der Waals surface area (Å²) in [5, 5.41) is 0. The Kier molecular flexibility index (Phi) is 8.18. The van der Waals surface area contributed by atoms with E-state index >= 15 is 0 Å². The topological polar surface area (TPSA) is 72.6 Å². The number of amides is 1. The van der Waals surface area contributed by atoms with Crippen molar-refractivity contribution in [1.29, 1.82) is 0 Å². The highest BCUT2D eigenvalue weighted by Crippen LogP contribution is 2.35. The van der Waals surface area contributed by atoms with Gasteiger partial charge in [-0.05, 0) is 76.1 Å². The number of alkyl halides is 3. The summed E-state index contributed by atoms with van der Waals surface area (Å²) in [5.41, 5.74) is 10.2. The number of esters is 1. The van der Waals surface area contributed by atoms with Gasteiger partial charge in [0.05, 0.1) is 11.1 Å². The van der Waals surface area contributed by atoms with Gasteiger partial charge in [-0.25, -0.2) is 4.79 Å². The van der Waals surface area contributed by atoms with Crippen LogP contribution < -0.4 is 10.5 Å². The number of nitrogens with zero attached hydrogens (tertiary/aromatic N) is 1. The normalized spacial score (nSPS) is 15.3. The largest absolute Gasteiger partial charge is 0.423 e. The number of primary amides is 1. The minimum absolute atomic E-state index is 0.222. The van der Waals surface area contributed by atoms with Crippen LogP contribution in [0.5, 0.6) is 5.75 Å². The fraction of sp³-hybridized carbons (Fsp3) is 0.235. The van der Waals surface area contributed by atoms with E-state index in [1.165, 1.54) is 17.7 Å². The van der Waals surface area contributed by atoms with Crippen molar-refractivity contribution in [2.45, 2.75) is 44.9 Å². The van der Waals surface area contributed by atoms with E-state index in [0.29, 0.717) is 42.3 Å². The molecule has 5 nitrogen and oxygen atoms in total. The molecule has 0 fully saturated rings. The summed E-state index contributed by atoms with van der Waals surface area (Å²) in [6, 6.07) is 24.1. The first-order valence-electron chi connectivity index (χ1n) is 13.7. The Bertz CT molecular complexity index is 1600. The molecule has 4 aromatic rings. The van der Waals surface area contributed by atoms with Crippen molar-refractivity contribution in [2.75, 3.05) is 6.54 Å². The van der Waals surface area contributed by atoms with Crippen LogP contribution in [-0.2, 0) is 23.9 Å². The summed E-state index contributed by atoms with van der Waals surface area (Å²) in [4.78, 5) is 27.9. The predicted octanol–water partition coefficient (Wildman–Crippen LogP) is 7.30. The number of nitrogens with two attached hydrogens (primary N) is 1. The second kappa shape index (κ2) is 11.8. The summed E-state index contributed by atoms with van der Waals surface area (Å²) in [6.07, 6.45) is -3.82. The van der Waals surface area contributed by atoms with Crippen LogP contribution in [0.2, 0.25) is 0 Å². The van der Waals surface area contributed by atoms with Crippen molar-refractivity contribution in [2.24, 2.45) is 5.73 Å². The molecule has 1 atom stereocenters. The van der Waals surface area contributed by atoms with Crippen molar-refractivity contribution in [3.63, 3.8) is 0 Å². The zero-order valence-electron chi connectivity index (χ0n) is 23.3. The van der Waals surface area contributed by atoms with E-state index in [9.17, 15) is 22.8 Å². The molecular weight excluding hydrogens is 541 g/mol. The Morgan fingerprint density at radius 1 is 0.952 bits per heavy atom. The SMILES string of the molecule is CC(C)c1ccc(CN2CCc3cc(OC(=O)c4ccccc4-c4ccc(C(F)(F)F)cc4)ccc3C2C(N)=O)cc1. The highest BCUT2D eigenvalue weighted by molar-refractivity contribution is 5.98. The molecule has 1 unspecified atom stereocenters. The molecule has 1 aliphatic heterocycles. The number of rotatable bonds is 7. The van der Waals surface area contributed by atoms with E-state index < -0.39 is 29.7 Å². The Morgan fingerprint density at radius 3 is 2.29 bits per heavy atom. The van der Waals surface area contributed by atoms with Gasteiger partial charge in [-0.2, -0.15) is 13.2 Å². The van der Waals surface area contributed by atoms with Gasteiger partial charge in [0.25, 0.3) is 0 Å². The lowest BCUT2D eigenvalue weighted by Crippen LogP contribution is -2.42. The maximum absolute atomic E-state index is 13.2. The maximum Gasteiger partial charge on any atom is 0.416 e. The Hall–Kier alpha value is -4.43. The van der Waals surface area contributed by atoms with Crippen molar-refractivity contribution in [3.8, 4) is 16.9 Å². The summed E-state index contributed by atoms with van der Waals surface area (Å²) < 4.78 is 44.8. The highest BCUT2D eigenvalue weighted by Gasteiger charge is 2.32. The quantitative estimate of drug-likeness (QED) is 0.186. The van der Waals surface area contributed by atoms with Crippen LogP contribution in [0.25, 0.3) is 11.1 Å².